The number of quaternary nitrogens is 1. The van der Waals surface area contributed by atoms with Gasteiger partial charge in [-0.3, -0.25) is 4.98 Å². The summed E-state index contributed by atoms with van der Waals surface area (Å²) in [5, 5.41) is 17.6. The molecule has 1 fully saturated rings. The van der Waals surface area contributed by atoms with Crippen LogP contribution in [-0.4, -0.2) is 50.3 Å². The second-order valence-corrected chi connectivity index (χ2v) is 8.93. The normalized spacial score (nSPS) is 22.2. The summed E-state index contributed by atoms with van der Waals surface area (Å²) in [6.07, 6.45) is 7.42. The van der Waals surface area contributed by atoms with Crippen LogP contribution in [0.1, 0.15) is 30.9 Å². The molecule has 9 heteroatoms. The number of hydrogen-bond donors (Lipinski definition) is 1. The highest BCUT2D eigenvalue weighted by atomic mass is 35.5. The van der Waals surface area contributed by atoms with Gasteiger partial charge in [0, 0.05) is 42.8 Å². The molecular formula is C23H26ClN7O. The second kappa shape index (κ2) is 8.61. The van der Waals surface area contributed by atoms with E-state index in [0.717, 1.165) is 54.1 Å². The standard InChI is InChI=1S/C23H26ClN7O/c1-2-25-23-28-12-18-14-31(32,15-19-4-3-9-30(19)22(18)29-23)13-16-5-7-20(26-10-16)17-6-8-21(24)27-11-17/h5-8,10-12,19H,2-4,9,13-15H2,1H3,(H,25,28,29)/t19-,31?/m0/s1. The minimum absolute atomic E-state index is 0.200. The average molecular weight is 452 g/mol. The largest absolute Gasteiger partial charge is 0.632 e. The fourth-order valence-electron chi connectivity index (χ4n) is 4.73. The van der Waals surface area contributed by atoms with E-state index in [9.17, 15) is 5.21 Å². The quantitative estimate of drug-likeness (QED) is 0.356. The van der Waals surface area contributed by atoms with E-state index in [2.05, 4.69) is 25.2 Å². The highest BCUT2D eigenvalue weighted by Gasteiger charge is 2.38. The Hall–Kier alpha value is -2.81. The van der Waals surface area contributed by atoms with Gasteiger partial charge in [-0.15, -0.1) is 0 Å². The molecule has 5 heterocycles. The highest BCUT2D eigenvalue weighted by molar-refractivity contribution is 6.29. The number of pyridine rings is 2. The van der Waals surface area contributed by atoms with E-state index in [4.69, 9.17) is 16.6 Å². The first kappa shape index (κ1) is 21.1. The minimum atomic E-state index is -0.332. The maximum atomic E-state index is 14.0. The van der Waals surface area contributed by atoms with Crippen molar-refractivity contribution in [2.24, 2.45) is 0 Å². The van der Waals surface area contributed by atoms with Crippen molar-refractivity contribution in [1.29, 1.82) is 0 Å². The van der Waals surface area contributed by atoms with Crippen LogP contribution in [0, 0.1) is 5.21 Å². The molecule has 8 nitrogen and oxygen atoms in total. The molecule has 0 saturated carbocycles. The van der Waals surface area contributed by atoms with Gasteiger partial charge in [0.15, 0.2) is 0 Å². The Morgan fingerprint density at radius 2 is 2.06 bits per heavy atom. The van der Waals surface area contributed by atoms with Gasteiger partial charge >= 0.3 is 0 Å². The molecular weight excluding hydrogens is 426 g/mol. The summed E-state index contributed by atoms with van der Waals surface area (Å²) in [4.78, 5) is 20.2. The van der Waals surface area contributed by atoms with E-state index in [-0.39, 0.29) is 10.7 Å². The van der Waals surface area contributed by atoms with Crippen LogP contribution in [0.3, 0.4) is 0 Å². The predicted molar refractivity (Wildman–Crippen MR) is 125 cm³/mol. The topological polar surface area (TPSA) is 89.9 Å². The van der Waals surface area contributed by atoms with Crippen LogP contribution in [0.15, 0.2) is 42.9 Å². The smallest absolute Gasteiger partial charge is 0.224 e. The Morgan fingerprint density at radius 3 is 2.81 bits per heavy atom. The van der Waals surface area contributed by atoms with Gasteiger partial charge in [-0.25, -0.2) is 9.97 Å². The molecule has 1 saturated heterocycles. The molecule has 0 aliphatic carbocycles. The van der Waals surface area contributed by atoms with E-state index in [0.29, 0.717) is 30.7 Å². The number of nitrogens with zero attached hydrogens (tertiary/aromatic N) is 6. The van der Waals surface area contributed by atoms with Gasteiger partial charge in [0.1, 0.15) is 24.1 Å². The van der Waals surface area contributed by atoms with Crippen LogP contribution in [0.4, 0.5) is 11.8 Å². The minimum Gasteiger partial charge on any atom is -0.632 e. The van der Waals surface area contributed by atoms with E-state index >= 15 is 0 Å². The lowest BCUT2D eigenvalue weighted by atomic mass is 10.1. The van der Waals surface area contributed by atoms with Crippen LogP contribution in [0.2, 0.25) is 5.15 Å². The molecule has 1 unspecified atom stereocenters. The lowest BCUT2D eigenvalue weighted by Crippen LogP contribution is -2.47. The maximum absolute atomic E-state index is 14.0. The molecule has 3 aromatic rings. The van der Waals surface area contributed by atoms with Crippen LogP contribution in [0.5, 0.6) is 0 Å². The van der Waals surface area contributed by atoms with Crippen molar-refractivity contribution in [2.75, 3.05) is 29.9 Å². The van der Waals surface area contributed by atoms with E-state index in [1.54, 1.807) is 18.5 Å². The Balaban J connectivity index is 1.40. The maximum Gasteiger partial charge on any atom is 0.224 e. The van der Waals surface area contributed by atoms with Crippen LogP contribution in [-0.2, 0) is 13.1 Å². The summed E-state index contributed by atoms with van der Waals surface area (Å²) in [7, 11) is 0. The van der Waals surface area contributed by atoms with E-state index in [1.807, 2.05) is 31.3 Å². The van der Waals surface area contributed by atoms with Crippen molar-refractivity contribution in [1.82, 2.24) is 19.9 Å². The number of hydroxylamine groups is 3. The van der Waals surface area contributed by atoms with Crippen LogP contribution in [0.25, 0.3) is 11.3 Å². The number of aromatic nitrogens is 4. The van der Waals surface area contributed by atoms with Crippen molar-refractivity contribution in [2.45, 2.75) is 38.9 Å². The average Bonchev–Trinajstić information content (AvgIpc) is 3.19. The molecule has 166 valence electrons. The fourth-order valence-corrected chi connectivity index (χ4v) is 4.85. The second-order valence-electron chi connectivity index (χ2n) is 8.54. The van der Waals surface area contributed by atoms with E-state index < -0.39 is 0 Å². The van der Waals surface area contributed by atoms with Gasteiger partial charge in [0.2, 0.25) is 5.95 Å². The number of hydrogen-bond acceptors (Lipinski definition) is 7. The van der Waals surface area contributed by atoms with Crippen molar-refractivity contribution >= 4 is 23.4 Å². The number of rotatable bonds is 5. The zero-order valence-electron chi connectivity index (χ0n) is 18.0. The first-order valence-corrected chi connectivity index (χ1v) is 11.4. The monoisotopic (exact) mass is 451 g/mol. The summed E-state index contributed by atoms with van der Waals surface area (Å²) in [6.45, 7) is 4.98. The van der Waals surface area contributed by atoms with Gasteiger partial charge in [-0.1, -0.05) is 11.6 Å². The zero-order chi connectivity index (χ0) is 22.1. The predicted octanol–water partition coefficient (Wildman–Crippen LogP) is 4.02. The summed E-state index contributed by atoms with van der Waals surface area (Å²) in [6, 6.07) is 7.76. The molecule has 0 spiro atoms. The summed E-state index contributed by atoms with van der Waals surface area (Å²) >= 11 is 5.88. The molecule has 0 amide bonds. The fraction of sp³-hybridized carbons (Fsp3) is 0.391. The molecule has 2 atom stereocenters. The summed E-state index contributed by atoms with van der Waals surface area (Å²) in [5.74, 6) is 1.54. The third-order valence-electron chi connectivity index (χ3n) is 6.15. The number of anilines is 2. The van der Waals surface area contributed by atoms with Crippen LogP contribution < -0.4 is 10.2 Å². The Bertz CT molecular complexity index is 1090. The molecule has 2 aliphatic rings. The third kappa shape index (κ3) is 4.26. The van der Waals surface area contributed by atoms with Crippen molar-refractivity contribution in [3.05, 3.63) is 64.3 Å². The molecule has 0 bridgehead atoms. The van der Waals surface area contributed by atoms with Crippen molar-refractivity contribution in [3.8, 4) is 11.3 Å². The molecule has 5 rings (SSSR count). The molecule has 2 aliphatic heterocycles. The van der Waals surface area contributed by atoms with Gasteiger partial charge in [-0.2, -0.15) is 4.98 Å². The van der Waals surface area contributed by atoms with Gasteiger partial charge in [0.25, 0.3) is 0 Å². The number of halogens is 1. The molecule has 0 radical (unpaired) electrons. The summed E-state index contributed by atoms with van der Waals surface area (Å²) in [5.41, 5.74) is 3.54. The van der Waals surface area contributed by atoms with E-state index in [1.165, 1.54) is 0 Å². The SMILES string of the molecule is CCNc1ncc2c(n1)N1CCC[C@H]1C[N+]([O-])(Cc1ccc(-c3ccc(Cl)nc3)nc1)C2. The Morgan fingerprint density at radius 1 is 1.16 bits per heavy atom. The van der Waals surface area contributed by atoms with Crippen molar-refractivity contribution in [3.63, 3.8) is 0 Å². The Kier molecular flexibility index (Phi) is 5.67. The molecule has 1 N–H and O–H groups in total. The third-order valence-corrected chi connectivity index (χ3v) is 6.37. The highest BCUT2D eigenvalue weighted by Crippen LogP contribution is 2.35. The van der Waals surface area contributed by atoms with Gasteiger partial charge in [0.05, 0.1) is 23.8 Å². The zero-order valence-corrected chi connectivity index (χ0v) is 18.8. The molecule has 0 aromatic carbocycles. The van der Waals surface area contributed by atoms with Gasteiger partial charge < -0.3 is 20.1 Å². The lowest BCUT2D eigenvalue weighted by Gasteiger charge is -2.43. The molecule has 3 aromatic heterocycles. The number of nitrogens with one attached hydrogen (secondary N) is 1. The summed E-state index contributed by atoms with van der Waals surface area (Å²) < 4.78 is -0.332. The molecule has 32 heavy (non-hydrogen) atoms. The van der Waals surface area contributed by atoms with Gasteiger partial charge in [-0.05, 0) is 44.0 Å². The number of fused-ring (bicyclic) bond motifs is 3. The Labute approximate surface area is 192 Å². The van der Waals surface area contributed by atoms with Crippen LogP contribution >= 0.6 is 11.6 Å². The lowest BCUT2D eigenvalue weighted by molar-refractivity contribution is -0.907. The first-order chi connectivity index (χ1) is 15.5. The first-order valence-electron chi connectivity index (χ1n) is 11.0. The van der Waals surface area contributed by atoms with Crippen molar-refractivity contribution < 1.29 is 4.65 Å².